The average molecular weight is 479 g/mol. The summed E-state index contributed by atoms with van der Waals surface area (Å²) in [6.07, 6.45) is 2.76. The summed E-state index contributed by atoms with van der Waals surface area (Å²) in [5.74, 6) is -0.905. The number of aryl methyl sites for hydroxylation is 1. The topological polar surface area (TPSA) is 84.5 Å². The summed E-state index contributed by atoms with van der Waals surface area (Å²) in [5, 5.41) is 6.32. The van der Waals surface area contributed by atoms with Gasteiger partial charge in [0, 0.05) is 21.6 Å². The number of benzene rings is 2. The van der Waals surface area contributed by atoms with E-state index in [1.807, 2.05) is 6.07 Å². The van der Waals surface area contributed by atoms with Gasteiger partial charge in [-0.25, -0.2) is 4.79 Å². The smallest absolute Gasteiger partial charge is 0.341 e. The maximum absolute atomic E-state index is 12.6. The number of thiophene rings is 1. The maximum Gasteiger partial charge on any atom is 0.341 e. The molecule has 33 heavy (non-hydrogen) atoms. The largest absolute Gasteiger partial charge is 0.462 e. The number of esters is 1. The summed E-state index contributed by atoms with van der Waals surface area (Å²) in [6, 6.07) is 15.3. The van der Waals surface area contributed by atoms with Gasteiger partial charge in [-0.3, -0.25) is 14.9 Å². The van der Waals surface area contributed by atoms with Crippen LogP contribution < -0.4 is 10.6 Å². The molecule has 0 bridgehead atoms. The molecule has 2 N–H and O–H groups in total. The third-order valence-corrected chi connectivity index (χ3v) is 6.71. The fourth-order valence-corrected chi connectivity index (χ4v) is 5.29. The summed E-state index contributed by atoms with van der Waals surface area (Å²) in [6.45, 7) is 2.05. The fourth-order valence-electron chi connectivity index (χ4n) is 3.75. The van der Waals surface area contributed by atoms with Crippen LogP contribution in [0, 0.1) is 0 Å². The first kappa shape index (κ1) is 22.8. The number of ether oxygens (including phenoxy) is 1. The van der Waals surface area contributed by atoms with E-state index in [-0.39, 0.29) is 23.5 Å². The number of hydrogen-bond acceptors (Lipinski definition) is 6. The van der Waals surface area contributed by atoms with Crippen LogP contribution in [0.1, 0.15) is 60.4 Å². The Hall–Kier alpha value is -3.36. The Balaban J connectivity index is 1.43. The van der Waals surface area contributed by atoms with Gasteiger partial charge in [-0.1, -0.05) is 42.5 Å². The summed E-state index contributed by atoms with van der Waals surface area (Å²) in [4.78, 5) is 38.8. The Bertz CT molecular complexity index is 1220. The molecule has 0 aliphatic heterocycles. The van der Waals surface area contributed by atoms with E-state index in [0.29, 0.717) is 27.3 Å². The molecule has 1 aliphatic carbocycles. The van der Waals surface area contributed by atoms with Crippen LogP contribution in [0.5, 0.6) is 0 Å². The lowest BCUT2D eigenvalue weighted by molar-refractivity contribution is 0.0526. The quantitative estimate of drug-likeness (QED) is 0.302. The number of fused-ring (bicyclic) bond motifs is 1. The van der Waals surface area contributed by atoms with Crippen LogP contribution in [-0.4, -0.2) is 29.4 Å². The van der Waals surface area contributed by atoms with Crippen LogP contribution >= 0.6 is 23.6 Å². The second kappa shape index (κ2) is 10.1. The lowest BCUT2D eigenvalue weighted by Gasteiger charge is -2.11. The molecule has 1 aromatic heterocycles. The normalized spacial score (nSPS) is 12.0. The molecule has 0 spiro atoms. The van der Waals surface area contributed by atoms with E-state index in [0.717, 1.165) is 29.7 Å². The van der Waals surface area contributed by atoms with Gasteiger partial charge in [-0.15, -0.1) is 11.3 Å². The van der Waals surface area contributed by atoms with Crippen molar-refractivity contribution < 1.29 is 19.1 Å². The Morgan fingerprint density at radius 1 is 0.970 bits per heavy atom. The first-order valence-electron chi connectivity index (χ1n) is 10.6. The number of hydrogen-bond donors (Lipinski definition) is 2. The molecule has 0 radical (unpaired) electrons. The zero-order valence-corrected chi connectivity index (χ0v) is 19.6. The molecule has 0 fully saturated rings. The fraction of sp³-hybridized carbons (Fsp3) is 0.200. The van der Waals surface area contributed by atoms with Gasteiger partial charge < -0.3 is 10.1 Å². The van der Waals surface area contributed by atoms with E-state index < -0.39 is 5.91 Å². The molecule has 4 rings (SSSR count). The Labute approximate surface area is 201 Å². The highest BCUT2D eigenvalue weighted by Crippen LogP contribution is 2.39. The number of carbonyl (C=O) groups excluding carboxylic acids is 3. The standard InChI is InChI=1S/C25H22N2O4S2/c1-2-31-24(30)20-18-9-6-10-19(18)33-23(20)27-25(32)26-22(29)17-13-11-16(12-14-17)21(28)15-7-4-3-5-8-15/h3-5,7-8,11-14H,2,6,9-10H2,1H3,(H2,26,27,29,32). The highest BCUT2D eigenvalue weighted by Gasteiger charge is 2.28. The number of nitrogens with one attached hydrogen (secondary N) is 2. The van der Waals surface area contributed by atoms with E-state index in [1.54, 1.807) is 55.5 Å². The molecular weight excluding hydrogens is 456 g/mol. The van der Waals surface area contributed by atoms with Crippen LogP contribution in [-0.2, 0) is 17.6 Å². The van der Waals surface area contributed by atoms with Gasteiger partial charge in [-0.05, 0) is 56.1 Å². The van der Waals surface area contributed by atoms with Gasteiger partial charge in [0.1, 0.15) is 5.00 Å². The Kier molecular flexibility index (Phi) is 6.96. The van der Waals surface area contributed by atoms with Crippen molar-refractivity contribution in [2.24, 2.45) is 0 Å². The third-order valence-electron chi connectivity index (χ3n) is 5.30. The monoisotopic (exact) mass is 478 g/mol. The molecular formula is C25H22N2O4S2. The molecule has 2 aromatic carbocycles. The second-order valence-electron chi connectivity index (χ2n) is 7.46. The average Bonchev–Trinajstić information content (AvgIpc) is 3.40. The zero-order chi connectivity index (χ0) is 23.4. The van der Waals surface area contributed by atoms with Crippen LogP contribution in [0.2, 0.25) is 0 Å². The lowest BCUT2D eigenvalue weighted by atomic mass is 10.0. The van der Waals surface area contributed by atoms with Crippen LogP contribution in [0.15, 0.2) is 54.6 Å². The Morgan fingerprint density at radius 3 is 2.33 bits per heavy atom. The van der Waals surface area contributed by atoms with Crippen molar-refractivity contribution in [3.8, 4) is 0 Å². The Morgan fingerprint density at radius 2 is 1.64 bits per heavy atom. The minimum atomic E-state index is -0.409. The minimum Gasteiger partial charge on any atom is -0.462 e. The van der Waals surface area contributed by atoms with Crippen molar-refractivity contribution in [1.82, 2.24) is 5.32 Å². The summed E-state index contributed by atoms with van der Waals surface area (Å²) in [5.41, 5.74) is 2.96. The number of amides is 1. The predicted molar refractivity (Wildman–Crippen MR) is 132 cm³/mol. The van der Waals surface area contributed by atoms with Crippen LogP contribution in [0.4, 0.5) is 5.00 Å². The first-order chi connectivity index (χ1) is 16.0. The molecule has 1 aliphatic rings. The number of anilines is 1. The number of thiocarbonyl (C=S) groups is 1. The highest BCUT2D eigenvalue weighted by atomic mass is 32.1. The molecule has 8 heteroatoms. The van der Waals surface area contributed by atoms with Gasteiger partial charge in [-0.2, -0.15) is 0 Å². The molecule has 0 saturated carbocycles. The van der Waals surface area contributed by atoms with Gasteiger partial charge >= 0.3 is 5.97 Å². The number of rotatable bonds is 6. The van der Waals surface area contributed by atoms with Crippen molar-refractivity contribution >= 4 is 51.3 Å². The molecule has 0 saturated heterocycles. The molecule has 1 heterocycles. The van der Waals surface area contributed by atoms with Gasteiger partial charge in [0.2, 0.25) is 0 Å². The van der Waals surface area contributed by atoms with Crippen molar-refractivity contribution in [1.29, 1.82) is 0 Å². The van der Waals surface area contributed by atoms with E-state index in [1.165, 1.54) is 11.3 Å². The van der Waals surface area contributed by atoms with Gasteiger partial charge in [0.15, 0.2) is 10.9 Å². The zero-order valence-electron chi connectivity index (χ0n) is 18.0. The summed E-state index contributed by atoms with van der Waals surface area (Å²) < 4.78 is 5.22. The van der Waals surface area contributed by atoms with E-state index >= 15 is 0 Å². The van der Waals surface area contributed by atoms with Crippen LogP contribution in [0.25, 0.3) is 0 Å². The molecule has 0 unspecified atom stereocenters. The lowest BCUT2D eigenvalue weighted by Crippen LogP contribution is -2.34. The van der Waals surface area contributed by atoms with Gasteiger partial charge in [0.05, 0.1) is 12.2 Å². The maximum atomic E-state index is 12.6. The summed E-state index contributed by atoms with van der Waals surface area (Å²) >= 11 is 6.79. The molecule has 0 atom stereocenters. The third kappa shape index (κ3) is 5.02. The van der Waals surface area contributed by atoms with E-state index in [9.17, 15) is 14.4 Å². The van der Waals surface area contributed by atoms with E-state index in [4.69, 9.17) is 17.0 Å². The van der Waals surface area contributed by atoms with E-state index in [2.05, 4.69) is 10.6 Å². The molecule has 3 aromatic rings. The summed E-state index contributed by atoms with van der Waals surface area (Å²) in [7, 11) is 0. The molecule has 168 valence electrons. The highest BCUT2D eigenvalue weighted by molar-refractivity contribution is 7.80. The number of ketones is 1. The van der Waals surface area contributed by atoms with Gasteiger partial charge in [0.25, 0.3) is 5.91 Å². The van der Waals surface area contributed by atoms with Crippen LogP contribution in [0.3, 0.4) is 0 Å². The first-order valence-corrected chi connectivity index (χ1v) is 11.8. The number of carbonyl (C=O) groups is 3. The predicted octanol–water partition coefficient (Wildman–Crippen LogP) is 4.77. The van der Waals surface area contributed by atoms with Crippen molar-refractivity contribution in [2.75, 3.05) is 11.9 Å². The van der Waals surface area contributed by atoms with Crippen molar-refractivity contribution in [2.45, 2.75) is 26.2 Å². The molecule has 6 nitrogen and oxygen atoms in total. The van der Waals surface area contributed by atoms with Crippen molar-refractivity contribution in [3.05, 3.63) is 87.3 Å². The molecule has 1 amide bonds. The SMILES string of the molecule is CCOC(=O)c1c(NC(=S)NC(=O)c2ccc(C(=O)c3ccccc3)cc2)sc2c1CCC2. The minimum absolute atomic E-state index is 0.0925. The van der Waals surface area contributed by atoms with Crippen molar-refractivity contribution in [3.63, 3.8) is 0 Å². The second-order valence-corrected chi connectivity index (χ2v) is 8.98.